The molecule has 0 fully saturated rings. The second-order valence-corrected chi connectivity index (χ2v) is 13.3. The van der Waals surface area contributed by atoms with Gasteiger partial charge < -0.3 is 24.6 Å². The van der Waals surface area contributed by atoms with Crippen LogP contribution in [0.5, 0.6) is 0 Å². The molecule has 0 rings (SSSR count). The lowest BCUT2D eigenvalue weighted by Gasteiger charge is -2.41. The molecule has 248 valence electrons. The second kappa shape index (κ2) is 25.8. The second-order valence-electron chi connectivity index (χ2n) is 13.3. The maximum atomic E-state index is 11.5. The summed E-state index contributed by atoms with van der Waals surface area (Å²) in [6.45, 7) is 10.0. The molecule has 0 radical (unpaired) electrons. The molecule has 0 aromatic heterocycles. The number of carboxylic acid groups (broad SMARTS) is 3. The van der Waals surface area contributed by atoms with Crippen molar-refractivity contribution < 1.29 is 34.2 Å². The summed E-state index contributed by atoms with van der Waals surface area (Å²) < 4.78 is 0.589. The van der Waals surface area contributed by atoms with Crippen molar-refractivity contribution >= 4 is 17.9 Å². The summed E-state index contributed by atoms with van der Waals surface area (Å²) in [7, 11) is 0. The fourth-order valence-corrected chi connectivity index (χ4v) is 5.79. The zero-order chi connectivity index (χ0) is 31.6. The highest BCUT2D eigenvalue weighted by Crippen LogP contribution is 2.22. The van der Waals surface area contributed by atoms with Gasteiger partial charge >= 0.3 is 11.9 Å². The standard InChI is InChI=1S/C35H67NO6/c1-5-6-7-8-9-10-11-12-13-14-15-16-17-18-19-20-21-22-26-36(27-23-30(2)33(37)38,28-24-31(3)34(39)40)29-25-32(4)35(41)42/h30-32H,5-29H2,1-4H3,(H2-,37,38,39,40,41,42). The van der Waals surface area contributed by atoms with Gasteiger partial charge in [0.05, 0.1) is 38.0 Å². The van der Waals surface area contributed by atoms with Gasteiger partial charge in [-0.25, -0.2) is 0 Å². The molecule has 3 unspecified atom stereocenters. The summed E-state index contributed by atoms with van der Waals surface area (Å²) in [5, 5.41) is 30.2. The summed E-state index contributed by atoms with van der Waals surface area (Å²) in [4.78, 5) is 34.4. The first-order valence-electron chi connectivity index (χ1n) is 17.6. The van der Waals surface area contributed by atoms with E-state index in [1.54, 1.807) is 20.8 Å². The summed E-state index contributed by atoms with van der Waals surface area (Å²) in [5.41, 5.74) is 0. The molecular formula is C35H67NO6. The van der Waals surface area contributed by atoms with E-state index >= 15 is 0 Å². The number of hydrogen-bond acceptors (Lipinski definition) is 4. The van der Waals surface area contributed by atoms with Crippen molar-refractivity contribution in [3.63, 3.8) is 0 Å². The minimum atomic E-state index is -1.07. The number of carboxylic acids is 3. The Labute approximate surface area is 258 Å². The number of unbranched alkanes of at least 4 members (excludes halogenated alkanes) is 17. The average molecular weight is 598 g/mol. The van der Waals surface area contributed by atoms with Crippen molar-refractivity contribution in [2.24, 2.45) is 17.8 Å². The van der Waals surface area contributed by atoms with Gasteiger partial charge in [-0.05, 0) is 12.8 Å². The molecular weight excluding hydrogens is 530 g/mol. The highest BCUT2D eigenvalue weighted by atomic mass is 16.4. The smallest absolute Gasteiger partial charge is 0.306 e. The van der Waals surface area contributed by atoms with E-state index in [9.17, 15) is 29.7 Å². The molecule has 0 aliphatic heterocycles. The maximum absolute atomic E-state index is 11.5. The van der Waals surface area contributed by atoms with E-state index in [-0.39, 0.29) is 0 Å². The van der Waals surface area contributed by atoms with Crippen molar-refractivity contribution in [2.75, 3.05) is 26.2 Å². The van der Waals surface area contributed by atoms with Crippen LogP contribution < -0.4 is 5.11 Å². The van der Waals surface area contributed by atoms with Gasteiger partial charge in [0.2, 0.25) is 0 Å². The lowest BCUT2D eigenvalue weighted by molar-refractivity contribution is -0.929. The molecule has 2 N–H and O–H groups in total. The van der Waals surface area contributed by atoms with Gasteiger partial charge in [-0.15, -0.1) is 0 Å². The lowest BCUT2D eigenvalue weighted by Crippen LogP contribution is -2.52. The topological polar surface area (TPSA) is 115 Å². The van der Waals surface area contributed by atoms with Crippen molar-refractivity contribution in [3.8, 4) is 0 Å². The largest absolute Gasteiger partial charge is 0.550 e. The Kier molecular flexibility index (Phi) is 24.8. The van der Waals surface area contributed by atoms with E-state index in [2.05, 4.69) is 6.92 Å². The van der Waals surface area contributed by atoms with Crippen LogP contribution in [0.3, 0.4) is 0 Å². The van der Waals surface area contributed by atoms with Crippen LogP contribution in [-0.2, 0) is 14.4 Å². The molecule has 0 aliphatic carbocycles. The van der Waals surface area contributed by atoms with Gasteiger partial charge in [0.15, 0.2) is 0 Å². The third-order valence-corrected chi connectivity index (χ3v) is 9.34. The minimum Gasteiger partial charge on any atom is -0.550 e. The molecule has 0 saturated carbocycles. The van der Waals surface area contributed by atoms with E-state index in [0.29, 0.717) is 43.4 Å². The van der Waals surface area contributed by atoms with Crippen LogP contribution in [0.15, 0.2) is 0 Å². The number of aliphatic carboxylic acids is 3. The third kappa shape index (κ3) is 22.0. The van der Waals surface area contributed by atoms with Crippen LogP contribution in [0.4, 0.5) is 0 Å². The lowest BCUT2D eigenvalue weighted by atomic mass is 10.0. The first kappa shape index (κ1) is 40.4. The highest BCUT2D eigenvalue weighted by Gasteiger charge is 2.30. The predicted octanol–water partition coefficient (Wildman–Crippen LogP) is 7.84. The van der Waals surface area contributed by atoms with Crippen molar-refractivity contribution in [2.45, 2.75) is 163 Å². The van der Waals surface area contributed by atoms with E-state index in [4.69, 9.17) is 0 Å². The molecule has 0 heterocycles. The van der Waals surface area contributed by atoms with E-state index in [1.807, 2.05) is 0 Å². The third-order valence-electron chi connectivity index (χ3n) is 9.34. The van der Waals surface area contributed by atoms with Gasteiger partial charge in [-0.3, -0.25) is 9.59 Å². The predicted molar refractivity (Wildman–Crippen MR) is 170 cm³/mol. The van der Waals surface area contributed by atoms with Gasteiger partial charge in [0.25, 0.3) is 0 Å². The summed E-state index contributed by atoms with van der Waals surface area (Å²) >= 11 is 0. The molecule has 7 nitrogen and oxygen atoms in total. The molecule has 0 spiro atoms. The van der Waals surface area contributed by atoms with E-state index < -0.39 is 35.7 Å². The van der Waals surface area contributed by atoms with E-state index in [0.717, 1.165) is 19.4 Å². The molecule has 0 saturated heterocycles. The van der Waals surface area contributed by atoms with Crippen LogP contribution in [0, 0.1) is 17.8 Å². The Hall–Kier alpha value is -1.63. The molecule has 0 amide bonds. The molecule has 3 atom stereocenters. The van der Waals surface area contributed by atoms with Crippen LogP contribution in [0.25, 0.3) is 0 Å². The van der Waals surface area contributed by atoms with Crippen molar-refractivity contribution in [3.05, 3.63) is 0 Å². The summed E-state index contributed by atoms with van der Waals surface area (Å²) in [6.07, 6.45) is 25.1. The SMILES string of the molecule is CCCCCCCCCCCCCCCCCCCC[N+](CCC(C)C(=O)[O-])(CCC(C)C(=O)O)CCC(C)C(=O)O. The quantitative estimate of drug-likeness (QED) is 0.0621. The zero-order valence-electron chi connectivity index (χ0n) is 27.9. The maximum Gasteiger partial charge on any atom is 0.306 e. The van der Waals surface area contributed by atoms with Gasteiger partial charge in [-0.1, -0.05) is 130 Å². The zero-order valence-corrected chi connectivity index (χ0v) is 27.9. The van der Waals surface area contributed by atoms with E-state index in [1.165, 1.54) is 103 Å². The van der Waals surface area contributed by atoms with Gasteiger partial charge in [0.1, 0.15) is 0 Å². The fraction of sp³-hybridized carbons (Fsp3) is 0.914. The molecule has 42 heavy (non-hydrogen) atoms. The Morgan fingerprint density at radius 3 is 1.07 bits per heavy atom. The Balaban J connectivity index is 4.46. The van der Waals surface area contributed by atoms with Crippen LogP contribution in [-0.4, -0.2) is 58.8 Å². The fourth-order valence-electron chi connectivity index (χ4n) is 5.79. The highest BCUT2D eigenvalue weighted by molar-refractivity contribution is 5.69. The first-order valence-corrected chi connectivity index (χ1v) is 17.6. The van der Waals surface area contributed by atoms with Gasteiger partial charge in [0, 0.05) is 31.1 Å². The number of quaternary nitrogens is 1. The normalized spacial score (nSPS) is 15.1. The first-order chi connectivity index (χ1) is 20.0. The minimum absolute atomic E-state index is 0.449. The Bertz CT molecular complexity index is 637. The van der Waals surface area contributed by atoms with Gasteiger partial charge in [-0.2, -0.15) is 0 Å². The summed E-state index contributed by atoms with van der Waals surface area (Å²) in [5.74, 6) is -4.29. The average Bonchev–Trinajstić information content (AvgIpc) is 2.96. The number of hydrogen-bond donors (Lipinski definition) is 2. The van der Waals surface area contributed by atoms with Crippen LogP contribution in [0.1, 0.15) is 163 Å². The van der Waals surface area contributed by atoms with Crippen molar-refractivity contribution in [1.29, 1.82) is 0 Å². The molecule has 0 bridgehead atoms. The molecule has 0 aromatic carbocycles. The number of carbonyl (C=O) groups excluding carboxylic acids is 1. The van der Waals surface area contributed by atoms with Crippen molar-refractivity contribution in [1.82, 2.24) is 0 Å². The number of carbonyl (C=O) groups is 3. The molecule has 0 aliphatic rings. The van der Waals surface area contributed by atoms with Crippen LogP contribution in [0.2, 0.25) is 0 Å². The molecule has 0 aromatic rings. The summed E-state index contributed by atoms with van der Waals surface area (Å²) in [6, 6.07) is 0. The number of nitrogens with zero attached hydrogens (tertiary/aromatic N) is 1. The van der Waals surface area contributed by atoms with Crippen LogP contribution >= 0.6 is 0 Å². The Morgan fingerprint density at radius 1 is 0.500 bits per heavy atom. The molecule has 7 heteroatoms. The Morgan fingerprint density at radius 2 is 0.786 bits per heavy atom. The number of rotatable bonds is 31. The monoisotopic (exact) mass is 597 g/mol.